The van der Waals surface area contributed by atoms with Gasteiger partial charge in [0.25, 0.3) is 0 Å². The molecular formula is C17H24O2. The van der Waals surface area contributed by atoms with Crippen LogP contribution in [0, 0.1) is 0 Å². The van der Waals surface area contributed by atoms with Crippen molar-refractivity contribution in [2.75, 3.05) is 0 Å². The molecule has 0 heterocycles. The molecular weight excluding hydrogens is 236 g/mol. The van der Waals surface area contributed by atoms with E-state index < -0.39 is 5.60 Å². The Morgan fingerprint density at radius 3 is 1.79 bits per heavy atom. The van der Waals surface area contributed by atoms with Crippen molar-refractivity contribution in [1.82, 2.24) is 0 Å². The fourth-order valence-corrected chi connectivity index (χ4v) is 1.75. The Morgan fingerprint density at radius 2 is 1.42 bits per heavy atom. The van der Waals surface area contributed by atoms with E-state index in [1.54, 1.807) is 6.92 Å². The van der Waals surface area contributed by atoms with Gasteiger partial charge in [0.1, 0.15) is 5.60 Å². The van der Waals surface area contributed by atoms with E-state index in [-0.39, 0.29) is 11.4 Å². The van der Waals surface area contributed by atoms with Crippen LogP contribution in [0.2, 0.25) is 0 Å². The average molecular weight is 260 g/mol. The highest BCUT2D eigenvalue weighted by molar-refractivity contribution is 5.87. The SMILES string of the molecule is C=C(C)C(=O)OC(C)(C)c1ccc(C(C)(C)C)cc1. The van der Waals surface area contributed by atoms with Crippen LogP contribution in [-0.4, -0.2) is 5.97 Å². The summed E-state index contributed by atoms with van der Waals surface area (Å²) in [7, 11) is 0. The smallest absolute Gasteiger partial charge is 0.333 e. The second-order valence-electron chi connectivity index (χ2n) is 6.51. The average Bonchev–Trinajstić information content (AvgIpc) is 2.27. The summed E-state index contributed by atoms with van der Waals surface area (Å²) >= 11 is 0. The molecule has 2 heteroatoms. The van der Waals surface area contributed by atoms with Crippen LogP contribution in [0.4, 0.5) is 0 Å². The van der Waals surface area contributed by atoms with Crippen molar-refractivity contribution in [3.05, 3.63) is 47.5 Å². The van der Waals surface area contributed by atoms with Crippen LogP contribution in [-0.2, 0) is 20.5 Å². The number of hydrogen-bond donors (Lipinski definition) is 0. The van der Waals surface area contributed by atoms with Crippen LogP contribution >= 0.6 is 0 Å². The summed E-state index contributed by atoms with van der Waals surface area (Å²) in [5.74, 6) is -0.357. The molecule has 0 spiro atoms. The molecule has 1 aromatic carbocycles. The Morgan fingerprint density at radius 1 is 1.00 bits per heavy atom. The number of esters is 1. The lowest BCUT2D eigenvalue weighted by Gasteiger charge is -2.27. The van der Waals surface area contributed by atoms with Crippen LogP contribution in [0.15, 0.2) is 36.4 Å². The topological polar surface area (TPSA) is 26.3 Å². The molecule has 0 aliphatic carbocycles. The number of carbonyl (C=O) groups excluding carboxylic acids is 1. The molecule has 0 aliphatic heterocycles. The third-order valence-electron chi connectivity index (χ3n) is 3.14. The van der Waals surface area contributed by atoms with E-state index in [1.807, 2.05) is 26.0 Å². The van der Waals surface area contributed by atoms with Crippen molar-refractivity contribution in [3.8, 4) is 0 Å². The van der Waals surface area contributed by atoms with E-state index in [0.29, 0.717) is 5.57 Å². The van der Waals surface area contributed by atoms with Gasteiger partial charge in [-0.25, -0.2) is 4.79 Å². The fraction of sp³-hybridized carbons (Fsp3) is 0.471. The summed E-state index contributed by atoms with van der Waals surface area (Å²) in [5.41, 5.74) is 2.14. The van der Waals surface area contributed by atoms with Crippen molar-refractivity contribution in [2.45, 2.75) is 52.6 Å². The monoisotopic (exact) mass is 260 g/mol. The zero-order chi connectivity index (χ0) is 14.8. The van der Waals surface area contributed by atoms with Gasteiger partial charge in [0.15, 0.2) is 0 Å². The summed E-state index contributed by atoms with van der Waals surface area (Å²) in [6.07, 6.45) is 0. The van der Waals surface area contributed by atoms with Crippen LogP contribution in [0.5, 0.6) is 0 Å². The third-order valence-corrected chi connectivity index (χ3v) is 3.14. The number of hydrogen-bond acceptors (Lipinski definition) is 2. The Labute approximate surface area is 116 Å². The highest BCUT2D eigenvalue weighted by Crippen LogP contribution is 2.29. The number of ether oxygens (including phenoxy) is 1. The molecule has 0 bridgehead atoms. The number of benzene rings is 1. The van der Waals surface area contributed by atoms with Crippen molar-refractivity contribution in [3.63, 3.8) is 0 Å². The minimum absolute atomic E-state index is 0.122. The van der Waals surface area contributed by atoms with Gasteiger partial charge in [0.2, 0.25) is 0 Å². The first-order valence-corrected chi connectivity index (χ1v) is 6.54. The predicted octanol–water partition coefficient (Wildman–Crippen LogP) is 4.34. The Hall–Kier alpha value is -1.57. The van der Waals surface area contributed by atoms with Gasteiger partial charge in [0.05, 0.1) is 0 Å². The molecule has 0 saturated carbocycles. The van der Waals surface area contributed by atoms with Gasteiger partial charge >= 0.3 is 5.97 Å². The van der Waals surface area contributed by atoms with Crippen molar-refractivity contribution in [1.29, 1.82) is 0 Å². The highest BCUT2D eigenvalue weighted by Gasteiger charge is 2.26. The van der Waals surface area contributed by atoms with Gasteiger partial charge in [0, 0.05) is 5.57 Å². The summed E-state index contributed by atoms with van der Waals surface area (Å²) in [6.45, 7) is 15.6. The summed E-state index contributed by atoms with van der Waals surface area (Å²) in [4.78, 5) is 11.6. The zero-order valence-corrected chi connectivity index (χ0v) is 12.8. The maximum Gasteiger partial charge on any atom is 0.333 e. The van der Waals surface area contributed by atoms with Crippen molar-refractivity contribution >= 4 is 5.97 Å². The van der Waals surface area contributed by atoms with E-state index >= 15 is 0 Å². The molecule has 0 N–H and O–H groups in total. The summed E-state index contributed by atoms with van der Waals surface area (Å²) in [6, 6.07) is 8.22. The minimum atomic E-state index is -0.646. The molecule has 0 atom stereocenters. The Kier molecular flexibility index (Phi) is 4.24. The summed E-state index contributed by atoms with van der Waals surface area (Å²) < 4.78 is 5.47. The van der Waals surface area contributed by atoms with Crippen molar-refractivity contribution < 1.29 is 9.53 Å². The van der Waals surface area contributed by atoms with E-state index in [0.717, 1.165) is 5.56 Å². The van der Waals surface area contributed by atoms with E-state index in [2.05, 4.69) is 39.5 Å². The molecule has 19 heavy (non-hydrogen) atoms. The van der Waals surface area contributed by atoms with Gasteiger partial charge in [-0.3, -0.25) is 0 Å². The minimum Gasteiger partial charge on any atom is -0.451 e. The zero-order valence-electron chi connectivity index (χ0n) is 12.8. The second kappa shape index (κ2) is 5.20. The molecule has 0 saturated heterocycles. The highest BCUT2D eigenvalue weighted by atomic mass is 16.6. The third kappa shape index (κ3) is 3.95. The maximum atomic E-state index is 11.6. The lowest BCUT2D eigenvalue weighted by molar-refractivity contribution is -0.152. The molecule has 0 aliphatic rings. The molecule has 2 nitrogen and oxygen atoms in total. The number of rotatable bonds is 3. The van der Waals surface area contributed by atoms with Gasteiger partial charge in [-0.15, -0.1) is 0 Å². The largest absolute Gasteiger partial charge is 0.451 e. The molecule has 0 radical (unpaired) electrons. The van der Waals surface area contributed by atoms with E-state index in [4.69, 9.17) is 4.74 Å². The van der Waals surface area contributed by atoms with Crippen molar-refractivity contribution in [2.24, 2.45) is 0 Å². The van der Waals surface area contributed by atoms with Crippen LogP contribution in [0.3, 0.4) is 0 Å². The van der Waals surface area contributed by atoms with Gasteiger partial charge in [-0.1, -0.05) is 51.6 Å². The quantitative estimate of drug-likeness (QED) is 0.597. The van der Waals surface area contributed by atoms with Gasteiger partial charge in [-0.2, -0.15) is 0 Å². The lowest BCUT2D eigenvalue weighted by atomic mass is 9.85. The number of carbonyl (C=O) groups is 1. The molecule has 1 aromatic rings. The van der Waals surface area contributed by atoms with Crippen LogP contribution in [0.25, 0.3) is 0 Å². The lowest BCUT2D eigenvalue weighted by Crippen LogP contribution is -2.26. The fourth-order valence-electron chi connectivity index (χ4n) is 1.75. The normalized spacial score (nSPS) is 12.1. The Bertz CT molecular complexity index is 473. The summed E-state index contributed by atoms with van der Waals surface area (Å²) in [5, 5.41) is 0. The standard InChI is InChI=1S/C17H24O2/c1-12(2)15(18)19-17(6,7)14-10-8-13(9-11-14)16(3,4)5/h8-11H,1H2,2-7H3. The van der Waals surface area contributed by atoms with Crippen LogP contribution < -0.4 is 0 Å². The van der Waals surface area contributed by atoms with Gasteiger partial charge < -0.3 is 4.74 Å². The predicted molar refractivity (Wildman–Crippen MR) is 79.1 cm³/mol. The van der Waals surface area contributed by atoms with E-state index in [1.165, 1.54) is 5.56 Å². The maximum absolute atomic E-state index is 11.6. The molecule has 0 fully saturated rings. The second-order valence-corrected chi connectivity index (χ2v) is 6.51. The molecule has 104 valence electrons. The first-order chi connectivity index (χ1) is 8.54. The molecule has 0 amide bonds. The van der Waals surface area contributed by atoms with Crippen LogP contribution in [0.1, 0.15) is 52.7 Å². The first kappa shape index (κ1) is 15.5. The molecule has 0 unspecified atom stereocenters. The Balaban J connectivity index is 2.96. The first-order valence-electron chi connectivity index (χ1n) is 6.54. The van der Waals surface area contributed by atoms with E-state index in [9.17, 15) is 4.79 Å². The molecule has 0 aromatic heterocycles. The van der Waals surface area contributed by atoms with Gasteiger partial charge in [-0.05, 0) is 37.3 Å². The molecule has 1 rings (SSSR count).